The first-order chi connectivity index (χ1) is 15.2. The van der Waals surface area contributed by atoms with Gasteiger partial charge in [-0.1, -0.05) is 37.1 Å². The van der Waals surface area contributed by atoms with Gasteiger partial charge in [-0.05, 0) is 74.9 Å². The van der Waals surface area contributed by atoms with Crippen molar-refractivity contribution in [1.82, 2.24) is 8.61 Å². The second kappa shape index (κ2) is 9.25. The van der Waals surface area contributed by atoms with Crippen LogP contribution in [0.2, 0.25) is 0 Å². The Hall–Kier alpha value is -1.74. The Labute approximate surface area is 192 Å². The molecule has 0 bridgehead atoms. The highest BCUT2D eigenvalue weighted by Gasteiger charge is 2.32. The molecule has 4 rings (SSSR count). The molecular weight excluding hydrogens is 444 g/mol. The highest BCUT2D eigenvalue weighted by Crippen LogP contribution is 2.29. The van der Waals surface area contributed by atoms with E-state index in [1.165, 1.54) is 0 Å². The van der Waals surface area contributed by atoms with Crippen LogP contribution < -0.4 is 0 Å². The maximum atomic E-state index is 13.0. The zero-order valence-corrected chi connectivity index (χ0v) is 20.4. The van der Waals surface area contributed by atoms with Crippen LogP contribution in [0, 0.1) is 0 Å². The van der Waals surface area contributed by atoms with Crippen molar-refractivity contribution in [2.24, 2.45) is 0 Å². The molecular formula is C24H32N2O4S2. The molecule has 0 amide bonds. The van der Waals surface area contributed by atoms with Gasteiger partial charge in [0, 0.05) is 25.2 Å². The van der Waals surface area contributed by atoms with E-state index >= 15 is 0 Å². The third-order valence-electron chi connectivity index (χ3n) is 6.74. The summed E-state index contributed by atoms with van der Waals surface area (Å²) in [7, 11) is -7.01. The number of hydrogen-bond donors (Lipinski definition) is 0. The quantitative estimate of drug-likeness (QED) is 0.638. The molecule has 2 fully saturated rings. The van der Waals surface area contributed by atoms with Crippen LogP contribution in [0.3, 0.4) is 0 Å². The molecule has 174 valence electrons. The number of benzene rings is 2. The summed E-state index contributed by atoms with van der Waals surface area (Å²) in [6.45, 7) is 5.06. The molecule has 2 saturated heterocycles. The van der Waals surface area contributed by atoms with Crippen molar-refractivity contribution in [1.29, 1.82) is 0 Å². The van der Waals surface area contributed by atoms with E-state index in [1.54, 1.807) is 57.1 Å². The Morgan fingerprint density at radius 1 is 0.594 bits per heavy atom. The first-order valence-electron chi connectivity index (χ1n) is 11.5. The molecule has 2 heterocycles. The lowest BCUT2D eigenvalue weighted by atomic mass is 10.1. The molecule has 2 aromatic carbocycles. The molecule has 0 aliphatic carbocycles. The Balaban J connectivity index is 1.54. The molecule has 0 radical (unpaired) electrons. The van der Waals surface area contributed by atoms with Crippen molar-refractivity contribution >= 4 is 20.0 Å². The van der Waals surface area contributed by atoms with E-state index in [1.807, 2.05) is 13.8 Å². The van der Waals surface area contributed by atoms with Crippen molar-refractivity contribution in [3.8, 4) is 11.1 Å². The lowest BCUT2D eigenvalue weighted by molar-refractivity contribution is 0.268. The van der Waals surface area contributed by atoms with E-state index in [2.05, 4.69) is 0 Å². The molecule has 2 aliphatic heterocycles. The van der Waals surface area contributed by atoms with Crippen LogP contribution in [0.5, 0.6) is 0 Å². The van der Waals surface area contributed by atoms with Crippen molar-refractivity contribution in [3.05, 3.63) is 48.5 Å². The minimum Gasteiger partial charge on any atom is -0.207 e. The zero-order valence-electron chi connectivity index (χ0n) is 18.8. The summed E-state index contributed by atoms with van der Waals surface area (Å²) in [5.41, 5.74) is 1.71. The van der Waals surface area contributed by atoms with Gasteiger partial charge in [0.1, 0.15) is 0 Å². The molecule has 0 spiro atoms. The fourth-order valence-corrected chi connectivity index (χ4v) is 8.17. The van der Waals surface area contributed by atoms with Gasteiger partial charge in [0.05, 0.1) is 9.79 Å². The molecule has 8 heteroatoms. The van der Waals surface area contributed by atoms with Crippen LogP contribution in [0.15, 0.2) is 58.3 Å². The number of nitrogens with zero attached hydrogens (tertiary/aromatic N) is 2. The maximum absolute atomic E-state index is 13.0. The second-order valence-electron chi connectivity index (χ2n) is 8.97. The second-order valence-corrected chi connectivity index (χ2v) is 12.8. The highest BCUT2D eigenvalue weighted by atomic mass is 32.2. The molecule has 32 heavy (non-hydrogen) atoms. The smallest absolute Gasteiger partial charge is 0.207 e. The van der Waals surface area contributed by atoms with Crippen LogP contribution >= 0.6 is 0 Å². The summed E-state index contributed by atoms with van der Waals surface area (Å²) >= 11 is 0. The molecule has 6 nitrogen and oxygen atoms in total. The van der Waals surface area contributed by atoms with Gasteiger partial charge in [0.2, 0.25) is 20.0 Å². The standard InChI is InChI=1S/C24H32N2O4S2/c1-19-7-3-5-17-25(19)31(27,28)23-13-9-21(10-14-23)22-11-15-24(16-12-22)32(29,30)26-18-6-4-8-20(26)2/h9-16,19-20H,3-8,17-18H2,1-2H3/t19-,20+. The summed E-state index contributed by atoms with van der Waals surface area (Å²) in [4.78, 5) is 0.599. The average molecular weight is 477 g/mol. The molecule has 0 N–H and O–H groups in total. The van der Waals surface area contributed by atoms with Crippen LogP contribution in [-0.4, -0.2) is 50.6 Å². The molecule has 0 unspecified atom stereocenters. The largest absolute Gasteiger partial charge is 0.243 e. The minimum absolute atomic E-state index is 0.0190. The van der Waals surface area contributed by atoms with Gasteiger partial charge in [0.25, 0.3) is 0 Å². The molecule has 0 aromatic heterocycles. The van der Waals surface area contributed by atoms with Gasteiger partial charge in [-0.3, -0.25) is 0 Å². The normalized spacial score (nSPS) is 23.8. The predicted molar refractivity (Wildman–Crippen MR) is 126 cm³/mol. The molecule has 0 saturated carbocycles. The van der Waals surface area contributed by atoms with Gasteiger partial charge in [0.15, 0.2) is 0 Å². The van der Waals surface area contributed by atoms with Crippen LogP contribution in [0.4, 0.5) is 0 Å². The molecule has 2 aromatic rings. The molecule has 2 atom stereocenters. The topological polar surface area (TPSA) is 74.8 Å². The van der Waals surface area contributed by atoms with Gasteiger partial charge in [-0.2, -0.15) is 8.61 Å². The summed E-state index contributed by atoms with van der Waals surface area (Å²) in [6, 6.07) is 13.8. The van der Waals surface area contributed by atoms with Crippen molar-refractivity contribution in [3.63, 3.8) is 0 Å². The number of rotatable bonds is 5. The van der Waals surface area contributed by atoms with Crippen LogP contribution in [0.25, 0.3) is 11.1 Å². The summed E-state index contributed by atoms with van der Waals surface area (Å²) < 4.78 is 55.3. The van der Waals surface area contributed by atoms with Gasteiger partial charge in [-0.15, -0.1) is 0 Å². The third-order valence-corrected chi connectivity index (χ3v) is 10.8. The Morgan fingerprint density at radius 2 is 0.938 bits per heavy atom. The van der Waals surface area contributed by atoms with E-state index in [-0.39, 0.29) is 12.1 Å². The summed E-state index contributed by atoms with van der Waals surface area (Å²) in [5, 5.41) is 0. The minimum atomic E-state index is -3.51. The van der Waals surface area contributed by atoms with E-state index in [0.717, 1.165) is 49.7 Å². The number of piperidine rings is 2. The van der Waals surface area contributed by atoms with Crippen molar-refractivity contribution < 1.29 is 16.8 Å². The fraction of sp³-hybridized carbons (Fsp3) is 0.500. The third kappa shape index (κ3) is 4.51. The molecule has 2 aliphatic rings. The van der Waals surface area contributed by atoms with Gasteiger partial charge < -0.3 is 0 Å². The van der Waals surface area contributed by atoms with Crippen molar-refractivity contribution in [2.45, 2.75) is 74.2 Å². The monoisotopic (exact) mass is 476 g/mol. The summed E-state index contributed by atoms with van der Waals surface area (Å²) in [6.07, 6.45) is 5.70. The van der Waals surface area contributed by atoms with Gasteiger partial charge in [-0.25, -0.2) is 16.8 Å². The van der Waals surface area contributed by atoms with E-state index in [0.29, 0.717) is 22.9 Å². The average Bonchev–Trinajstić information content (AvgIpc) is 2.79. The Kier molecular flexibility index (Phi) is 6.77. The predicted octanol–water partition coefficient (Wildman–Crippen LogP) is 4.48. The zero-order chi connectivity index (χ0) is 22.9. The lowest BCUT2D eigenvalue weighted by Crippen LogP contribution is -2.41. The maximum Gasteiger partial charge on any atom is 0.243 e. The lowest BCUT2D eigenvalue weighted by Gasteiger charge is -2.32. The fourth-order valence-electron chi connectivity index (χ4n) is 4.77. The number of sulfonamides is 2. The Morgan fingerprint density at radius 3 is 1.25 bits per heavy atom. The van der Waals surface area contributed by atoms with Crippen molar-refractivity contribution in [2.75, 3.05) is 13.1 Å². The van der Waals surface area contributed by atoms with Crippen LogP contribution in [0.1, 0.15) is 52.4 Å². The SMILES string of the molecule is C[C@@H]1CCCCN1S(=O)(=O)c1ccc(-c2ccc(S(=O)(=O)N3CCCC[C@@H]3C)cc2)cc1. The van der Waals surface area contributed by atoms with E-state index in [9.17, 15) is 16.8 Å². The summed E-state index contributed by atoms with van der Waals surface area (Å²) in [5.74, 6) is 0. The van der Waals surface area contributed by atoms with E-state index in [4.69, 9.17) is 0 Å². The Bertz CT molecular complexity index is 1050. The first-order valence-corrected chi connectivity index (χ1v) is 14.3. The number of hydrogen-bond acceptors (Lipinski definition) is 4. The first kappa shape index (κ1) is 23.4. The van der Waals surface area contributed by atoms with Crippen LogP contribution in [-0.2, 0) is 20.0 Å². The van der Waals surface area contributed by atoms with Gasteiger partial charge >= 0.3 is 0 Å². The highest BCUT2D eigenvalue weighted by molar-refractivity contribution is 7.89. The van der Waals surface area contributed by atoms with E-state index < -0.39 is 20.0 Å².